The Kier molecular flexibility index (Phi) is 5.16. The zero-order chi connectivity index (χ0) is 20.2. The maximum atomic E-state index is 12.2. The number of ether oxygens (including phenoxy) is 1. The minimum Gasteiger partial charge on any atom is -0.423 e. The van der Waals surface area contributed by atoms with E-state index >= 15 is 0 Å². The number of hydrogen-bond acceptors (Lipinski definition) is 4. The van der Waals surface area contributed by atoms with Gasteiger partial charge in [-0.05, 0) is 67.3 Å². The zero-order valence-electron chi connectivity index (χ0n) is 16.3. The second kappa shape index (κ2) is 8.07. The Morgan fingerprint density at radius 1 is 0.724 bits per heavy atom. The third-order valence-electron chi connectivity index (χ3n) is 4.73. The Balaban J connectivity index is 1.49. The number of esters is 1. The molecule has 4 heteroatoms. The van der Waals surface area contributed by atoms with Crippen LogP contribution in [0.25, 0.3) is 10.8 Å². The first-order valence-electron chi connectivity index (χ1n) is 9.39. The Morgan fingerprint density at radius 3 is 2.14 bits per heavy atom. The van der Waals surface area contributed by atoms with Crippen LogP contribution in [0, 0.1) is 13.8 Å². The first-order chi connectivity index (χ1) is 14.1. The van der Waals surface area contributed by atoms with Gasteiger partial charge < -0.3 is 4.74 Å². The summed E-state index contributed by atoms with van der Waals surface area (Å²) in [6.07, 6.45) is 0. The average Bonchev–Trinajstić information content (AvgIpc) is 2.75. The van der Waals surface area contributed by atoms with Gasteiger partial charge in [0.05, 0.1) is 16.9 Å². The number of hydrogen-bond donors (Lipinski definition) is 0. The van der Waals surface area contributed by atoms with Crippen molar-refractivity contribution in [1.82, 2.24) is 0 Å². The van der Waals surface area contributed by atoms with Crippen molar-refractivity contribution in [3.63, 3.8) is 0 Å². The molecule has 4 aromatic carbocycles. The van der Waals surface area contributed by atoms with Crippen LogP contribution in [0.15, 0.2) is 95.2 Å². The fourth-order valence-corrected chi connectivity index (χ4v) is 3.07. The third kappa shape index (κ3) is 4.22. The number of fused-ring (bicyclic) bond motifs is 1. The van der Waals surface area contributed by atoms with Crippen LogP contribution >= 0.6 is 0 Å². The van der Waals surface area contributed by atoms with Crippen LogP contribution in [0.5, 0.6) is 5.75 Å². The number of nitrogens with zero attached hydrogens (tertiary/aromatic N) is 2. The molecule has 0 N–H and O–H groups in total. The first kappa shape index (κ1) is 18.6. The molecular weight excluding hydrogens is 360 g/mol. The summed E-state index contributed by atoms with van der Waals surface area (Å²) in [6.45, 7) is 4.06. The average molecular weight is 380 g/mol. The van der Waals surface area contributed by atoms with Crippen LogP contribution in [0.4, 0.5) is 11.4 Å². The van der Waals surface area contributed by atoms with Crippen LogP contribution in [-0.4, -0.2) is 5.97 Å². The maximum Gasteiger partial charge on any atom is 0.343 e. The molecule has 0 aliphatic rings. The lowest BCUT2D eigenvalue weighted by Crippen LogP contribution is -2.08. The summed E-state index contributed by atoms with van der Waals surface area (Å²) in [6, 6.07) is 26.4. The quantitative estimate of drug-likeness (QED) is 0.215. The predicted molar refractivity (Wildman–Crippen MR) is 115 cm³/mol. The highest BCUT2D eigenvalue weighted by Gasteiger charge is 2.08. The highest BCUT2D eigenvalue weighted by atomic mass is 16.5. The third-order valence-corrected chi connectivity index (χ3v) is 4.73. The fraction of sp³-hybridized carbons (Fsp3) is 0.0800. The van der Waals surface area contributed by atoms with E-state index in [2.05, 4.69) is 23.2 Å². The van der Waals surface area contributed by atoms with E-state index in [1.807, 2.05) is 49.4 Å². The Morgan fingerprint density at radius 2 is 1.41 bits per heavy atom. The maximum absolute atomic E-state index is 12.2. The highest BCUT2D eigenvalue weighted by Crippen LogP contribution is 2.30. The molecule has 0 bridgehead atoms. The van der Waals surface area contributed by atoms with Crippen molar-refractivity contribution < 1.29 is 9.53 Å². The molecule has 4 aromatic rings. The molecule has 0 fully saturated rings. The zero-order valence-corrected chi connectivity index (χ0v) is 16.3. The Labute approximate surface area is 169 Å². The van der Waals surface area contributed by atoms with Gasteiger partial charge in [-0.15, -0.1) is 5.11 Å². The number of aryl methyl sites for hydroxylation is 2. The molecule has 142 valence electrons. The van der Waals surface area contributed by atoms with Gasteiger partial charge in [0.15, 0.2) is 0 Å². The second-order valence-electron chi connectivity index (χ2n) is 6.90. The van der Waals surface area contributed by atoms with Gasteiger partial charge in [-0.1, -0.05) is 48.0 Å². The van der Waals surface area contributed by atoms with E-state index in [1.54, 1.807) is 36.4 Å². The summed E-state index contributed by atoms with van der Waals surface area (Å²) in [7, 11) is 0. The molecule has 0 radical (unpaired) electrons. The van der Waals surface area contributed by atoms with Gasteiger partial charge >= 0.3 is 5.97 Å². The van der Waals surface area contributed by atoms with E-state index in [0.29, 0.717) is 17.0 Å². The molecule has 0 atom stereocenters. The van der Waals surface area contributed by atoms with Crippen LogP contribution in [0.1, 0.15) is 21.5 Å². The summed E-state index contributed by atoms with van der Waals surface area (Å²) in [5.41, 5.74) is 4.33. The first-order valence-corrected chi connectivity index (χ1v) is 9.39. The smallest absolute Gasteiger partial charge is 0.343 e. The van der Waals surface area contributed by atoms with E-state index in [0.717, 1.165) is 16.6 Å². The molecule has 0 unspecified atom stereocenters. The molecule has 29 heavy (non-hydrogen) atoms. The Bertz CT molecular complexity index is 1190. The second-order valence-corrected chi connectivity index (χ2v) is 6.90. The summed E-state index contributed by atoms with van der Waals surface area (Å²) in [5.74, 6) is 0.0841. The minimum absolute atomic E-state index is 0.384. The molecule has 0 saturated heterocycles. The van der Waals surface area contributed by atoms with Gasteiger partial charge in [0.25, 0.3) is 0 Å². The van der Waals surface area contributed by atoms with E-state index in [-0.39, 0.29) is 5.97 Å². The van der Waals surface area contributed by atoms with Crippen molar-refractivity contribution in [3.8, 4) is 5.75 Å². The minimum atomic E-state index is -0.384. The fourth-order valence-electron chi connectivity index (χ4n) is 3.07. The number of carbonyl (C=O) groups excluding carboxylic acids is 1. The summed E-state index contributed by atoms with van der Waals surface area (Å²) in [4.78, 5) is 12.2. The molecular formula is C25H20N2O2. The molecule has 0 aromatic heterocycles. The lowest BCUT2D eigenvalue weighted by molar-refractivity contribution is 0.0735. The molecule has 4 nitrogen and oxygen atoms in total. The lowest BCUT2D eigenvalue weighted by atomic mass is 10.0. The summed E-state index contributed by atoms with van der Waals surface area (Å²) >= 11 is 0. The standard InChI is InChI=1S/C25H20N2O2/c1-17-7-10-19(11-8-17)25(28)29-21-14-12-20(13-15-21)26-27-24-16-9-18(2)22-5-3-4-6-23(22)24/h3-16H,1-2H3. The van der Waals surface area contributed by atoms with Crippen LogP contribution in [0.2, 0.25) is 0 Å². The summed E-state index contributed by atoms with van der Waals surface area (Å²) < 4.78 is 5.42. The normalized spacial score (nSPS) is 11.1. The topological polar surface area (TPSA) is 51.0 Å². The number of carbonyl (C=O) groups is 1. The molecule has 0 amide bonds. The number of benzene rings is 4. The van der Waals surface area contributed by atoms with Crippen molar-refractivity contribution >= 4 is 28.1 Å². The molecule has 4 rings (SSSR count). The van der Waals surface area contributed by atoms with Gasteiger partial charge in [0.2, 0.25) is 0 Å². The molecule has 0 spiro atoms. The summed E-state index contributed by atoms with van der Waals surface area (Å²) in [5, 5.41) is 11.0. The van der Waals surface area contributed by atoms with E-state index < -0.39 is 0 Å². The van der Waals surface area contributed by atoms with Gasteiger partial charge in [-0.25, -0.2) is 4.79 Å². The molecule has 0 aliphatic carbocycles. The monoisotopic (exact) mass is 380 g/mol. The predicted octanol–water partition coefficient (Wildman–Crippen LogP) is 7.09. The van der Waals surface area contributed by atoms with Crippen molar-refractivity contribution in [2.45, 2.75) is 13.8 Å². The number of rotatable bonds is 4. The lowest BCUT2D eigenvalue weighted by Gasteiger charge is -2.05. The molecule has 0 aliphatic heterocycles. The van der Waals surface area contributed by atoms with E-state index in [4.69, 9.17) is 4.74 Å². The largest absolute Gasteiger partial charge is 0.423 e. The Hall–Kier alpha value is -3.79. The van der Waals surface area contributed by atoms with Gasteiger partial charge in [-0.2, -0.15) is 5.11 Å². The SMILES string of the molecule is Cc1ccc(C(=O)Oc2ccc(N=Nc3ccc(C)c4ccccc34)cc2)cc1. The van der Waals surface area contributed by atoms with Gasteiger partial charge in [0.1, 0.15) is 5.75 Å². The highest BCUT2D eigenvalue weighted by molar-refractivity contribution is 5.94. The van der Waals surface area contributed by atoms with Gasteiger partial charge in [0, 0.05) is 5.39 Å². The van der Waals surface area contributed by atoms with Crippen LogP contribution < -0.4 is 4.74 Å². The van der Waals surface area contributed by atoms with Crippen LogP contribution in [-0.2, 0) is 0 Å². The van der Waals surface area contributed by atoms with E-state index in [9.17, 15) is 4.79 Å². The van der Waals surface area contributed by atoms with Crippen molar-refractivity contribution in [2.24, 2.45) is 10.2 Å². The molecule has 0 heterocycles. The van der Waals surface area contributed by atoms with Crippen molar-refractivity contribution in [2.75, 3.05) is 0 Å². The van der Waals surface area contributed by atoms with E-state index in [1.165, 1.54) is 10.9 Å². The number of azo groups is 1. The van der Waals surface area contributed by atoms with Crippen molar-refractivity contribution in [1.29, 1.82) is 0 Å². The molecule has 0 saturated carbocycles. The van der Waals surface area contributed by atoms with Crippen molar-refractivity contribution in [3.05, 3.63) is 102 Å². The van der Waals surface area contributed by atoms with Gasteiger partial charge in [-0.3, -0.25) is 0 Å². The van der Waals surface area contributed by atoms with Crippen LogP contribution in [0.3, 0.4) is 0 Å².